The van der Waals surface area contributed by atoms with Gasteiger partial charge in [-0.2, -0.15) is 0 Å². The van der Waals surface area contributed by atoms with Crippen molar-refractivity contribution in [2.45, 2.75) is 94.2 Å². The molecule has 0 saturated carbocycles. The van der Waals surface area contributed by atoms with E-state index in [4.69, 9.17) is 0 Å². The first-order chi connectivity index (χ1) is 23.4. The predicted octanol–water partition coefficient (Wildman–Crippen LogP) is 13.5. The molecule has 0 aromatic heterocycles. The topological polar surface area (TPSA) is 0 Å². The highest BCUT2D eigenvalue weighted by atomic mass is 28.3. The largest absolute Gasteiger partial charge is 0.192 e. The molecule has 0 spiro atoms. The Bertz CT molecular complexity index is 2130. The molecule has 0 amide bonds. The van der Waals surface area contributed by atoms with Gasteiger partial charge in [0.25, 0.3) is 0 Å². The lowest BCUT2D eigenvalue weighted by molar-refractivity contribution is 1.02. The van der Waals surface area contributed by atoms with Gasteiger partial charge < -0.3 is 0 Å². The zero-order chi connectivity index (χ0) is 37.0. The van der Waals surface area contributed by atoms with E-state index < -0.39 is 16.1 Å². The lowest BCUT2D eigenvalue weighted by Gasteiger charge is -2.31. The summed E-state index contributed by atoms with van der Waals surface area (Å²) in [6.07, 6.45) is 0. The maximum absolute atomic E-state index is 4.51. The first-order valence-corrected chi connectivity index (χ1v) is 22.1. The number of fused-ring (bicyclic) bond motifs is 4. The summed E-state index contributed by atoms with van der Waals surface area (Å²) in [5.74, 6) is 7.78. The Morgan fingerprint density at radius 1 is 0.440 bits per heavy atom. The molecule has 0 unspecified atom stereocenters. The Kier molecular flexibility index (Phi) is 9.90. The number of allylic oxidation sites excluding steroid dienone is 4. The Morgan fingerprint density at radius 3 is 0.840 bits per heavy atom. The van der Waals surface area contributed by atoms with Crippen molar-refractivity contribution in [3.8, 4) is 22.9 Å². The van der Waals surface area contributed by atoms with Gasteiger partial charge in [0.2, 0.25) is 0 Å². The van der Waals surface area contributed by atoms with Crippen LogP contribution in [0.3, 0.4) is 0 Å². The zero-order valence-electron chi connectivity index (χ0n) is 32.6. The molecule has 0 bridgehead atoms. The minimum Gasteiger partial charge on any atom is -0.115 e. The summed E-state index contributed by atoms with van der Waals surface area (Å²) in [4.78, 5) is 0. The minimum absolute atomic E-state index is 0.350. The highest BCUT2D eigenvalue weighted by molar-refractivity contribution is 7.00. The molecule has 5 aromatic rings. The number of hydrogen-bond donors (Lipinski definition) is 0. The summed E-state index contributed by atoms with van der Waals surface area (Å²) in [5.41, 5.74) is 15.7. The van der Waals surface area contributed by atoms with Crippen molar-refractivity contribution in [2.24, 2.45) is 0 Å². The maximum atomic E-state index is 4.51. The van der Waals surface area contributed by atoms with Gasteiger partial charge in [-0.15, -0.1) is 37.4 Å². The van der Waals surface area contributed by atoms with Crippen LogP contribution in [0.1, 0.15) is 88.8 Å². The molecule has 0 fully saturated rings. The van der Waals surface area contributed by atoms with Gasteiger partial charge >= 0.3 is 0 Å². The molecular weight excluding hydrogens is 633 g/mol. The molecule has 0 radical (unpaired) electrons. The van der Waals surface area contributed by atoms with Gasteiger partial charge in [-0.3, -0.25) is 0 Å². The standard InChI is InChI=1S/C48H54Si2/c1-29(2)49(30(3)4,31(5)6)23-21-39-45-25-41-35(13)17-19-37(15)43(41)27-47(45)40(22-24-50(32(7)8,33(9)10)34(11)12)48-28-44-38(16)20-18-36(14)42(44)26-46(39)48/h17-20,25-28,31,34H,1,3,7,9H2,2,4-6,8,10-16H3. The van der Waals surface area contributed by atoms with Crippen LogP contribution in [0.25, 0.3) is 43.1 Å². The number of aryl methyl sites for hydroxylation is 4. The van der Waals surface area contributed by atoms with E-state index in [1.54, 1.807) is 0 Å². The molecule has 5 aromatic carbocycles. The Morgan fingerprint density at radius 2 is 0.660 bits per heavy atom. The fraction of sp³-hybridized carbons (Fsp3) is 0.292. The monoisotopic (exact) mass is 686 g/mol. The lowest BCUT2D eigenvalue weighted by atomic mass is 9.86. The quantitative estimate of drug-likeness (QED) is 0.0947. The van der Waals surface area contributed by atoms with Gasteiger partial charge in [0.1, 0.15) is 0 Å². The second-order valence-electron chi connectivity index (χ2n) is 15.6. The molecule has 0 nitrogen and oxygen atoms in total. The summed E-state index contributed by atoms with van der Waals surface area (Å²) in [7, 11) is -4.83. The Hall–Kier alpha value is -4.35. The highest BCUT2D eigenvalue weighted by Gasteiger charge is 2.38. The van der Waals surface area contributed by atoms with Gasteiger partial charge in [0.15, 0.2) is 16.1 Å². The van der Waals surface area contributed by atoms with E-state index in [2.05, 4.69) is 181 Å². The highest BCUT2D eigenvalue weighted by Crippen LogP contribution is 2.41. The molecule has 50 heavy (non-hydrogen) atoms. The van der Waals surface area contributed by atoms with Gasteiger partial charge in [-0.05, 0) is 156 Å². The summed E-state index contributed by atoms with van der Waals surface area (Å²) in [6.45, 7) is 44.6. The van der Waals surface area contributed by atoms with Crippen LogP contribution in [0, 0.1) is 50.6 Å². The van der Waals surface area contributed by atoms with E-state index in [0.717, 1.165) is 53.5 Å². The molecule has 0 atom stereocenters. The first kappa shape index (κ1) is 36.9. The normalized spacial score (nSPS) is 12.0. The van der Waals surface area contributed by atoms with E-state index in [1.807, 2.05) is 0 Å². The van der Waals surface area contributed by atoms with Crippen molar-refractivity contribution in [1.29, 1.82) is 0 Å². The molecule has 5 rings (SSSR count). The van der Waals surface area contributed by atoms with Crippen molar-refractivity contribution in [1.82, 2.24) is 0 Å². The van der Waals surface area contributed by atoms with Crippen molar-refractivity contribution in [2.75, 3.05) is 0 Å². The molecule has 0 aliphatic heterocycles. The van der Waals surface area contributed by atoms with Crippen molar-refractivity contribution in [3.05, 3.63) is 129 Å². The zero-order valence-corrected chi connectivity index (χ0v) is 34.6. The molecule has 0 aliphatic carbocycles. The van der Waals surface area contributed by atoms with E-state index in [1.165, 1.54) is 43.8 Å². The molecular formula is C48H54Si2. The molecule has 0 aliphatic rings. The van der Waals surface area contributed by atoms with Crippen LogP contribution in [-0.4, -0.2) is 16.1 Å². The summed E-state index contributed by atoms with van der Waals surface area (Å²) in [6, 6.07) is 18.5. The van der Waals surface area contributed by atoms with Crippen LogP contribution in [0.4, 0.5) is 0 Å². The second-order valence-corrected chi connectivity index (χ2v) is 25.0. The van der Waals surface area contributed by atoms with Crippen LogP contribution in [-0.2, 0) is 0 Å². The van der Waals surface area contributed by atoms with Crippen molar-refractivity contribution >= 4 is 59.2 Å². The van der Waals surface area contributed by atoms with Gasteiger partial charge in [-0.25, -0.2) is 0 Å². The van der Waals surface area contributed by atoms with Crippen LogP contribution in [0.2, 0.25) is 11.1 Å². The van der Waals surface area contributed by atoms with Crippen LogP contribution >= 0.6 is 0 Å². The first-order valence-electron chi connectivity index (χ1n) is 17.9. The second kappa shape index (κ2) is 13.4. The van der Waals surface area contributed by atoms with Crippen LogP contribution in [0.15, 0.2) is 95.6 Å². The van der Waals surface area contributed by atoms with Crippen molar-refractivity contribution < 1.29 is 0 Å². The minimum atomic E-state index is -2.42. The SMILES string of the molecule is C=C(C)[Si](C#Cc1c2cc3c(C)ccc(C)c3cc2c(C#C[Si](C(=C)C)(C(=C)C)C(C)C)c2cc3c(C)ccc(C)c3cc12)(C(=C)C)C(C)C. The number of hydrogen-bond acceptors (Lipinski definition) is 0. The summed E-state index contributed by atoms with van der Waals surface area (Å²) < 4.78 is 0. The third-order valence-electron chi connectivity index (χ3n) is 11.5. The third kappa shape index (κ3) is 5.74. The molecule has 0 saturated heterocycles. The van der Waals surface area contributed by atoms with Crippen LogP contribution in [0.5, 0.6) is 0 Å². The van der Waals surface area contributed by atoms with Crippen molar-refractivity contribution in [3.63, 3.8) is 0 Å². The average Bonchev–Trinajstić information content (AvgIpc) is 3.03. The summed E-state index contributed by atoms with van der Waals surface area (Å²) in [5, 5.41) is 14.3. The Balaban J connectivity index is 2.15. The maximum Gasteiger partial charge on any atom is 0.192 e. The predicted molar refractivity (Wildman–Crippen MR) is 230 cm³/mol. The molecule has 0 heterocycles. The molecule has 2 heteroatoms. The van der Waals surface area contributed by atoms with E-state index >= 15 is 0 Å². The van der Waals surface area contributed by atoms with Gasteiger partial charge in [-0.1, -0.05) is 84.6 Å². The fourth-order valence-corrected chi connectivity index (χ4v) is 16.0. The van der Waals surface area contributed by atoms with Gasteiger partial charge in [0.05, 0.1) is 0 Å². The lowest BCUT2D eigenvalue weighted by Crippen LogP contribution is -2.40. The summed E-state index contributed by atoms with van der Waals surface area (Å²) >= 11 is 0. The number of benzene rings is 5. The fourth-order valence-electron chi connectivity index (χ4n) is 8.49. The van der Waals surface area contributed by atoms with E-state index in [-0.39, 0.29) is 0 Å². The third-order valence-corrected chi connectivity index (χ3v) is 21.3. The average molecular weight is 687 g/mol. The van der Waals surface area contributed by atoms with Gasteiger partial charge in [0, 0.05) is 11.1 Å². The number of rotatable bonds is 6. The molecule has 254 valence electrons. The van der Waals surface area contributed by atoms with Crippen LogP contribution < -0.4 is 0 Å². The Labute approximate surface area is 304 Å². The van der Waals surface area contributed by atoms with E-state index in [0.29, 0.717) is 11.1 Å². The molecule has 0 N–H and O–H groups in total. The smallest absolute Gasteiger partial charge is 0.115 e. The van der Waals surface area contributed by atoms with E-state index in [9.17, 15) is 0 Å².